The number of hydrazone groups is 1. The van der Waals surface area contributed by atoms with Crippen LogP contribution in [0.15, 0.2) is 41.5 Å². The molecule has 0 aliphatic carbocycles. The summed E-state index contributed by atoms with van der Waals surface area (Å²) in [6, 6.07) is 7.56. The van der Waals surface area contributed by atoms with Crippen LogP contribution in [0.2, 0.25) is 5.02 Å². The molecule has 2 rings (SSSR count). The van der Waals surface area contributed by atoms with Gasteiger partial charge in [-0.05, 0) is 43.3 Å². The lowest BCUT2D eigenvalue weighted by Gasteiger charge is -2.12. The molecule has 0 atom stereocenters. The summed E-state index contributed by atoms with van der Waals surface area (Å²) in [5.74, 6) is -0.354. The van der Waals surface area contributed by atoms with Crippen molar-refractivity contribution in [2.75, 3.05) is 19.5 Å². The number of alkyl halides is 3. The molecule has 0 saturated heterocycles. The standard InChI is InChI=1S/C20H19ClF3N3O4/c1-11(26-27-19(29)12-4-7-16(30-2)17(9-12)31-3)8-18(28)25-13-5-6-15(21)14(10-13)20(22,23)24/h4-7,9-10H,8H2,1-3H3,(H,25,28)(H,27,29). The molecule has 0 aliphatic rings. The van der Waals surface area contributed by atoms with Crippen molar-refractivity contribution in [3.63, 3.8) is 0 Å². The minimum absolute atomic E-state index is 0.0658. The van der Waals surface area contributed by atoms with E-state index in [-0.39, 0.29) is 23.4 Å². The highest BCUT2D eigenvalue weighted by Crippen LogP contribution is 2.36. The van der Waals surface area contributed by atoms with E-state index in [0.29, 0.717) is 11.5 Å². The first kappa shape index (κ1) is 24.0. The van der Waals surface area contributed by atoms with Gasteiger partial charge in [-0.3, -0.25) is 9.59 Å². The fourth-order valence-electron chi connectivity index (χ4n) is 2.49. The van der Waals surface area contributed by atoms with Gasteiger partial charge in [-0.2, -0.15) is 18.3 Å². The molecule has 11 heteroatoms. The molecule has 0 spiro atoms. The topological polar surface area (TPSA) is 89.0 Å². The lowest BCUT2D eigenvalue weighted by atomic mass is 10.2. The summed E-state index contributed by atoms with van der Waals surface area (Å²) in [7, 11) is 2.89. The highest BCUT2D eigenvalue weighted by Gasteiger charge is 2.33. The van der Waals surface area contributed by atoms with Crippen LogP contribution in [0.5, 0.6) is 11.5 Å². The average Bonchev–Trinajstić information content (AvgIpc) is 2.71. The summed E-state index contributed by atoms with van der Waals surface area (Å²) in [6.07, 6.45) is -4.90. The van der Waals surface area contributed by atoms with Gasteiger partial charge >= 0.3 is 6.18 Å². The van der Waals surface area contributed by atoms with Crippen LogP contribution in [0.25, 0.3) is 0 Å². The average molecular weight is 458 g/mol. The van der Waals surface area contributed by atoms with E-state index in [1.807, 2.05) is 0 Å². The normalized spacial score (nSPS) is 11.6. The van der Waals surface area contributed by atoms with Crippen LogP contribution in [0.1, 0.15) is 29.3 Å². The van der Waals surface area contributed by atoms with Crippen molar-refractivity contribution in [2.24, 2.45) is 5.10 Å². The first-order valence-electron chi connectivity index (χ1n) is 8.77. The second kappa shape index (κ2) is 10.2. The van der Waals surface area contributed by atoms with Crippen LogP contribution >= 0.6 is 11.6 Å². The van der Waals surface area contributed by atoms with Crippen molar-refractivity contribution in [3.8, 4) is 11.5 Å². The number of nitrogens with zero attached hydrogens (tertiary/aromatic N) is 1. The molecule has 2 aromatic carbocycles. The fourth-order valence-corrected chi connectivity index (χ4v) is 2.71. The van der Waals surface area contributed by atoms with Gasteiger partial charge in [-0.1, -0.05) is 11.6 Å². The molecular formula is C20H19ClF3N3O4. The monoisotopic (exact) mass is 457 g/mol. The van der Waals surface area contributed by atoms with Crippen molar-refractivity contribution < 1.29 is 32.2 Å². The van der Waals surface area contributed by atoms with Crippen molar-refractivity contribution in [2.45, 2.75) is 19.5 Å². The van der Waals surface area contributed by atoms with Crippen molar-refractivity contribution in [1.82, 2.24) is 5.43 Å². The zero-order valence-electron chi connectivity index (χ0n) is 16.8. The number of anilines is 1. The van der Waals surface area contributed by atoms with E-state index in [1.54, 1.807) is 6.07 Å². The molecule has 31 heavy (non-hydrogen) atoms. The molecule has 2 aromatic rings. The molecule has 0 aromatic heterocycles. The number of carbonyl (C=O) groups is 2. The van der Waals surface area contributed by atoms with Gasteiger partial charge in [-0.15, -0.1) is 0 Å². The SMILES string of the molecule is COc1ccc(C(=O)NN=C(C)CC(=O)Nc2ccc(Cl)c(C(F)(F)F)c2)cc1OC. The Morgan fingerprint density at radius 3 is 2.35 bits per heavy atom. The highest BCUT2D eigenvalue weighted by atomic mass is 35.5. The van der Waals surface area contributed by atoms with E-state index < -0.39 is 28.6 Å². The van der Waals surface area contributed by atoms with Gasteiger partial charge in [0.2, 0.25) is 5.91 Å². The molecule has 0 fully saturated rings. The predicted octanol–water partition coefficient (Wildman–Crippen LogP) is 4.51. The van der Waals surface area contributed by atoms with Gasteiger partial charge in [0.15, 0.2) is 11.5 Å². The zero-order chi connectivity index (χ0) is 23.2. The molecule has 0 bridgehead atoms. The van der Waals surface area contributed by atoms with E-state index in [0.717, 1.165) is 12.1 Å². The van der Waals surface area contributed by atoms with Gasteiger partial charge in [0.1, 0.15) is 0 Å². The van der Waals surface area contributed by atoms with Crippen LogP contribution in [-0.2, 0) is 11.0 Å². The van der Waals surface area contributed by atoms with E-state index >= 15 is 0 Å². The van der Waals surface area contributed by atoms with E-state index in [9.17, 15) is 22.8 Å². The van der Waals surface area contributed by atoms with Gasteiger partial charge in [0, 0.05) is 17.0 Å². The second-order valence-corrected chi connectivity index (χ2v) is 6.68. The Morgan fingerprint density at radius 2 is 1.74 bits per heavy atom. The molecule has 0 radical (unpaired) electrons. The number of nitrogens with one attached hydrogen (secondary N) is 2. The van der Waals surface area contributed by atoms with Gasteiger partial charge < -0.3 is 14.8 Å². The van der Waals surface area contributed by atoms with Crippen LogP contribution in [0.3, 0.4) is 0 Å². The summed E-state index contributed by atoms with van der Waals surface area (Å²) >= 11 is 5.55. The number of benzene rings is 2. The number of ether oxygens (including phenoxy) is 2. The molecule has 0 heterocycles. The van der Waals surface area contributed by atoms with Crippen molar-refractivity contribution >= 4 is 34.8 Å². The van der Waals surface area contributed by atoms with Crippen LogP contribution < -0.4 is 20.2 Å². The number of rotatable bonds is 7. The predicted molar refractivity (Wildman–Crippen MR) is 110 cm³/mol. The lowest BCUT2D eigenvalue weighted by molar-refractivity contribution is -0.137. The Hall–Kier alpha value is -3.27. The Morgan fingerprint density at radius 1 is 1.06 bits per heavy atom. The maximum absolute atomic E-state index is 12.9. The summed E-state index contributed by atoms with van der Waals surface area (Å²) in [4.78, 5) is 24.3. The van der Waals surface area contributed by atoms with Gasteiger partial charge in [0.25, 0.3) is 5.91 Å². The minimum Gasteiger partial charge on any atom is -0.493 e. The summed E-state index contributed by atoms with van der Waals surface area (Å²) in [5.41, 5.74) is 1.66. The van der Waals surface area contributed by atoms with E-state index in [1.165, 1.54) is 39.3 Å². The van der Waals surface area contributed by atoms with Crippen molar-refractivity contribution in [3.05, 3.63) is 52.5 Å². The van der Waals surface area contributed by atoms with Crippen LogP contribution in [0, 0.1) is 0 Å². The van der Waals surface area contributed by atoms with E-state index in [4.69, 9.17) is 21.1 Å². The highest BCUT2D eigenvalue weighted by molar-refractivity contribution is 6.31. The number of hydrogen-bond acceptors (Lipinski definition) is 5. The minimum atomic E-state index is -4.65. The quantitative estimate of drug-likeness (QED) is 0.473. The first-order chi connectivity index (χ1) is 14.5. The molecule has 0 saturated carbocycles. The first-order valence-corrected chi connectivity index (χ1v) is 9.15. The van der Waals surface area contributed by atoms with Gasteiger partial charge in [0.05, 0.1) is 31.2 Å². The number of halogens is 4. The zero-order valence-corrected chi connectivity index (χ0v) is 17.5. The molecule has 0 unspecified atom stereocenters. The number of carbonyl (C=O) groups excluding carboxylic acids is 2. The van der Waals surface area contributed by atoms with E-state index in [2.05, 4.69) is 15.8 Å². The molecule has 2 amide bonds. The third-order valence-electron chi connectivity index (χ3n) is 3.97. The lowest BCUT2D eigenvalue weighted by Crippen LogP contribution is -2.21. The summed E-state index contributed by atoms with van der Waals surface area (Å²) < 4.78 is 49.0. The molecule has 2 N–H and O–H groups in total. The Kier molecular flexibility index (Phi) is 7.87. The van der Waals surface area contributed by atoms with Gasteiger partial charge in [-0.25, -0.2) is 5.43 Å². The van der Waals surface area contributed by atoms with Crippen LogP contribution in [0.4, 0.5) is 18.9 Å². The van der Waals surface area contributed by atoms with Crippen molar-refractivity contribution in [1.29, 1.82) is 0 Å². The second-order valence-electron chi connectivity index (χ2n) is 6.28. The molecule has 166 valence electrons. The summed E-state index contributed by atoms with van der Waals surface area (Å²) in [5, 5.41) is 5.70. The third kappa shape index (κ3) is 6.61. The number of amides is 2. The molecule has 0 aliphatic heterocycles. The molecule has 7 nitrogen and oxygen atoms in total. The van der Waals surface area contributed by atoms with Crippen LogP contribution in [-0.4, -0.2) is 31.7 Å². The number of hydrogen-bond donors (Lipinski definition) is 2. The fraction of sp³-hybridized carbons (Fsp3) is 0.250. The largest absolute Gasteiger partial charge is 0.493 e. The Labute approximate surface area is 181 Å². The smallest absolute Gasteiger partial charge is 0.417 e. The Bertz CT molecular complexity index is 1010. The summed E-state index contributed by atoms with van der Waals surface area (Å²) in [6.45, 7) is 1.48. The Balaban J connectivity index is 1.99. The number of methoxy groups -OCH3 is 2. The molecular weight excluding hydrogens is 439 g/mol. The maximum atomic E-state index is 12.9. The maximum Gasteiger partial charge on any atom is 0.417 e. The third-order valence-corrected chi connectivity index (χ3v) is 4.30.